The summed E-state index contributed by atoms with van der Waals surface area (Å²) < 4.78 is 37.1. The molecule has 2 rings (SSSR count). The summed E-state index contributed by atoms with van der Waals surface area (Å²) in [5.74, 6) is -1.67. The van der Waals surface area contributed by atoms with Crippen molar-refractivity contribution in [1.29, 1.82) is 0 Å². The van der Waals surface area contributed by atoms with Crippen LogP contribution in [0.2, 0.25) is 0 Å². The maximum Gasteiger partial charge on any atom is 0.390 e. The zero-order chi connectivity index (χ0) is 13.5. The number of alkyl halides is 3. The lowest BCUT2D eigenvalue weighted by atomic mass is 10.1. The van der Waals surface area contributed by atoms with Crippen LogP contribution in [0, 0.1) is 0 Å². The molecule has 0 aromatic heterocycles. The molecule has 0 radical (unpaired) electrons. The molecule has 18 heavy (non-hydrogen) atoms. The van der Waals surface area contributed by atoms with E-state index in [9.17, 15) is 22.8 Å². The molecule has 1 aliphatic heterocycles. The highest BCUT2D eigenvalue weighted by atomic mass is 79.9. The SMILES string of the molecule is O=C1C(=O)N(CCC(F)(F)F)c2cc(Br)ccc21. The van der Waals surface area contributed by atoms with Gasteiger partial charge in [-0.1, -0.05) is 15.9 Å². The Morgan fingerprint density at radius 1 is 1.22 bits per heavy atom. The van der Waals surface area contributed by atoms with Crippen molar-refractivity contribution in [3.05, 3.63) is 28.2 Å². The monoisotopic (exact) mass is 321 g/mol. The average Bonchev–Trinajstić information content (AvgIpc) is 2.48. The van der Waals surface area contributed by atoms with Crippen LogP contribution < -0.4 is 4.90 Å². The first-order valence-electron chi connectivity index (χ1n) is 5.02. The molecule has 0 aliphatic carbocycles. The second-order valence-electron chi connectivity index (χ2n) is 3.81. The van der Waals surface area contributed by atoms with Gasteiger partial charge in [-0.25, -0.2) is 0 Å². The molecule has 96 valence electrons. The first kappa shape index (κ1) is 13.1. The summed E-state index contributed by atoms with van der Waals surface area (Å²) in [6.45, 7) is -0.544. The summed E-state index contributed by atoms with van der Waals surface area (Å²) >= 11 is 3.15. The number of Topliss-reactive ketones (excluding diaryl/α,β-unsaturated/α-hetero) is 1. The van der Waals surface area contributed by atoms with Gasteiger partial charge in [0.05, 0.1) is 17.7 Å². The highest BCUT2D eigenvalue weighted by Gasteiger charge is 2.38. The molecule has 0 unspecified atom stereocenters. The Hall–Kier alpha value is -1.37. The van der Waals surface area contributed by atoms with Gasteiger partial charge in [0.2, 0.25) is 0 Å². The van der Waals surface area contributed by atoms with Gasteiger partial charge in [-0.15, -0.1) is 0 Å². The second kappa shape index (κ2) is 4.38. The van der Waals surface area contributed by atoms with Gasteiger partial charge in [0.1, 0.15) is 0 Å². The number of anilines is 1. The number of hydrogen-bond donors (Lipinski definition) is 0. The van der Waals surface area contributed by atoms with Gasteiger partial charge in [0.15, 0.2) is 0 Å². The molecule has 0 fully saturated rings. The maximum absolute atomic E-state index is 12.2. The summed E-state index contributed by atoms with van der Waals surface area (Å²) in [6.07, 6.45) is -5.50. The van der Waals surface area contributed by atoms with Crippen LogP contribution in [0.5, 0.6) is 0 Å². The number of ketones is 1. The number of halogens is 4. The van der Waals surface area contributed by atoms with Crippen LogP contribution in [-0.4, -0.2) is 24.4 Å². The van der Waals surface area contributed by atoms with Crippen molar-refractivity contribution in [2.24, 2.45) is 0 Å². The third kappa shape index (κ3) is 2.40. The zero-order valence-corrected chi connectivity index (χ0v) is 10.5. The van der Waals surface area contributed by atoms with Crippen LogP contribution in [-0.2, 0) is 4.79 Å². The molecule has 1 heterocycles. The Bertz CT molecular complexity index is 528. The predicted molar refractivity (Wildman–Crippen MR) is 61.5 cm³/mol. The zero-order valence-electron chi connectivity index (χ0n) is 8.92. The second-order valence-corrected chi connectivity index (χ2v) is 4.73. The molecule has 7 heteroatoms. The normalized spacial score (nSPS) is 15.2. The van der Waals surface area contributed by atoms with E-state index in [4.69, 9.17) is 0 Å². The summed E-state index contributed by atoms with van der Waals surface area (Å²) in [7, 11) is 0. The van der Waals surface area contributed by atoms with Crippen molar-refractivity contribution in [2.75, 3.05) is 11.4 Å². The van der Waals surface area contributed by atoms with E-state index in [0.29, 0.717) is 4.47 Å². The lowest BCUT2D eigenvalue weighted by Gasteiger charge is -2.17. The molecule has 0 atom stereocenters. The van der Waals surface area contributed by atoms with Gasteiger partial charge in [0.25, 0.3) is 11.7 Å². The molecular formula is C11H7BrF3NO2. The Labute approximate surface area is 109 Å². The number of carbonyl (C=O) groups excluding carboxylic acids is 2. The van der Waals surface area contributed by atoms with E-state index in [1.165, 1.54) is 12.1 Å². The van der Waals surface area contributed by atoms with Crippen LogP contribution in [0.25, 0.3) is 0 Å². The Morgan fingerprint density at radius 2 is 1.89 bits per heavy atom. The van der Waals surface area contributed by atoms with E-state index in [1.807, 2.05) is 0 Å². The molecule has 0 saturated carbocycles. The molecule has 0 saturated heterocycles. The summed E-state index contributed by atoms with van der Waals surface area (Å²) in [6, 6.07) is 4.46. The van der Waals surface area contributed by atoms with E-state index < -0.39 is 30.8 Å². The van der Waals surface area contributed by atoms with Gasteiger partial charge in [-0.05, 0) is 18.2 Å². The van der Waals surface area contributed by atoms with Gasteiger partial charge in [-0.2, -0.15) is 13.2 Å². The standard InChI is InChI=1S/C11H7BrF3NO2/c12-6-1-2-7-8(5-6)16(10(18)9(7)17)4-3-11(13,14)15/h1-2,5H,3-4H2. The third-order valence-electron chi connectivity index (χ3n) is 2.55. The van der Waals surface area contributed by atoms with E-state index in [-0.39, 0.29) is 11.3 Å². The molecule has 0 spiro atoms. The number of hydrogen-bond acceptors (Lipinski definition) is 2. The topological polar surface area (TPSA) is 37.4 Å². The quantitative estimate of drug-likeness (QED) is 0.785. The molecular weight excluding hydrogens is 315 g/mol. The van der Waals surface area contributed by atoms with E-state index in [2.05, 4.69) is 15.9 Å². The van der Waals surface area contributed by atoms with Crippen molar-refractivity contribution in [2.45, 2.75) is 12.6 Å². The molecule has 1 aromatic rings. The fourth-order valence-corrected chi connectivity index (χ4v) is 2.08. The van der Waals surface area contributed by atoms with Gasteiger partial charge in [-0.3, -0.25) is 9.59 Å². The van der Waals surface area contributed by atoms with Gasteiger partial charge >= 0.3 is 6.18 Å². The van der Waals surface area contributed by atoms with Crippen molar-refractivity contribution in [3.63, 3.8) is 0 Å². The minimum absolute atomic E-state index is 0.144. The fourth-order valence-electron chi connectivity index (χ4n) is 1.73. The first-order chi connectivity index (χ1) is 8.29. The van der Waals surface area contributed by atoms with E-state index in [0.717, 1.165) is 4.90 Å². The number of benzene rings is 1. The molecule has 3 nitrogen and oxygen atoms in total. The number of carbonyl (C=O) groups is 2. The molecule has 0 bridgehead atoms. The summed E-state index contributed by atoms with van der Waals surface area (Å²) in [5, 5.41) is 0. The van der Waals surface area contributed by atoms with Crippen LogP contribution in [0.4, 0.5) is 18.9 Å². The van der Waals surface area contributed by atoms with Gasteiger partial charge < -0.3 is 4.90 Å². The third-order valence-corrected chi connectivity index (χ3v) is 3.05. The van der Waals surface area contributed by atoms with Crippen molar-refractivity contribution >= 4 is 33.3 Å². The number of nitrogens with zero attached hydrogens (tertiary/aromatic N) is 1. The number of amides is 1. The minimum Gasteiger partial charge on any atom is -0.304 e. The van der Waals surface area contributed by atoms with E-state index >= 15 is 0 Å². The first-order valence-corrected chi connectivity index (χ1v) is 5.81. The van der Waals surface area contributed by atoms with E-state index in [1.54, 1.807) is 6.07 Å². The van der Waals surface area contributed by atoms with Crippen LogP contribution >= 0.6 is 15.9 Å². The molecule has 0 N–H and O–H groups in total. The van der Waals surface area contributed by atoms with Gasteiger partial charge in [0, 0.05) is 11.0 Å². The summed E-state index contributed by atoms with van der Waals surface area (Å²) in [5.41, 5.74) is 0.369. The molecule has 1 aliphatic rings. The highest BCUT2D eigenvalue weighted by Crippen LogP contribution is 2.33. The largest absolute Gasteiger partial charge is 0.390 e. The highest BCUT2D eigenvalue weighted by molar-refractivity contribution is 9.10. The number of rotatable bonds is 2. The Balaban J connectivity index is 2.30. The lowest BCUT2D eigenvalue weighted by Crippen LogP contribution is -2.33. The van der Waals surface area contributed by atoms with Crippen LogP contribution in [0.15, 0.2) is 22.7 Å². The summed E-state index contributed by atoms with van der Waals surface area (Å²) in [4.78, 5) is 24.0. The molecule has 1 amide bonds. The minimum atomic E-state index is -4.36. The lowest BCUT2D eigenvalue weighted by molar-refractivity contribution is -0.133. The Morgan fingerprint density at radius 3 is 2.50 bits per heavy atom. The van der Waals surface area contributed by atoms with Crippen LogP contribution in [0.3, 0.4) is 0 Å². The van der Waals surface area contributed by atoms with Crippen molar-refractivity contribution in [3.8, 4) is 0 Å². The Kier molecular flexibility index (Phi) is 3.18. The smallest absolute Gasteiger partial charge is 0.304 e. The van der Waals surface area contributed by atoms with Crippen molar-refractivity contribution in [1.82, 2.24) is 0 Å². The molecule has 1 aromatic carbocycles. The fraction of sp³-hybridized carbons (Fsp3) is 0.273. The average molecular weight is 322 g/mol. The maximum atomic E-state index is 12.2. The number of fused-ring (bicyclic) bond motifs is 1. The van der Waals surface area contributed by atoms with Crippen LogP contribution in [0.1, 0.15) is 16.8 Å². The van der Waals surface area contributed by atoms with Crippen molar-refractivity contribution < 1.29 is 22.8 Å². The predicted octanol–water partition coefficient (Wildman–Crippen LogP) is 2.93.